The molecule has 0 radical (unpaired) electrons. The third-order valence-electron chi connectivity index (χ3n) is 2.78. The van der Waals surface area contributed by atoms with Gasteiger partial charge in [0.25, 0.3) is 0 Å². The average Bonchev–Trinajstić information content (AvgIpc) is 2.58. The number of fused-ring (bicyclic) bond motifs is 2. The highest BCUT2D eigenvalue weighted by atomic mass is 16.6. The molecule has 0 aromatic heterocycles. The van der Waals surface area contributed by atoms with Crippen molar-refractivity contribution < 1.29 is 9.53 Å². The van der Waals surface area contributed by atoms with E-state index in [1.54, 1.807) is 4.90 Å². The van der Waals surface area contributed by atoms with Crippen LogP contribution in [0.4, 0.5) is 4.79 Å². The minimum atomic E-state index is -0.431. The van der Waals surface area contributed by atoms with Gasteiger partial charge in [0.2, 0.25) is 0 Å². The van der Waals surface area contributed by atoms with Crippen LogP contribution in [-0.2, 0) is 4.74 Å². The van der Waals surface area contributed by atoms with Crippen molar-refractivity contribution in [1.82, 2.24) is 4.90 Å². The number of amides is 1. The van der Waals surface area contributed by atoms with E-state index in [1.165, 1.54) is 5.57 Å². The molecule has 84 valence electrons. The molecule has 15 heavy (non-hydrogen) atoms. The summed E-state index contributed by atoms with van der Waals surface area (Å²) in [6.45, 7) is 5.62. The molecule has 2 bridgehead atoms. The van der Waals surface area contributed by atoms with Gasteiger partial charge >= 0.3 is 6.09 Å². The highest BCUT2D eigenvalue weighted by molar-refractivity contribution is 5.71. The van der Waals surface area contributed by atoms with E-state index >= 15 is 0 Å². The topological polar surface area (TPSA) is 55.6 Å². The van der Waals surface area contributed by atoms with Gasteiger partial charge in [0, 0.05) is 18.3 Å². The van der Waals surface area contributed by atoms with Crippen molar-refractivity contribution in [3.63, 3.8) is 0 Å². The van der Waals surface area contributed by atoms with E-state index in [4.69, 9.17) is 10.5 Å². The fraction of sp³-hybridized carbons (Fsp3) is 0.727. The zero-order valence-corrected chi connectivity index (χ0v) is 9.49. The molecule has 0 unspecified atom stereocenters. The van der Waals surface area contributed by atoms with E-state index in [0.717, 1.165) is 12.8 Å². The van der Waals surface area contributed by atoms with Gasteiger partial charge in [0.1, 0.15) is 5.60 Å². The summed E-state index contributed by atoms with van der Waals surface area (Å²) in [6, 6.07) is 0.374. The number of carbonyl (C=O) groups is 1. The standard InChI is InChI=1S/C11H18N2O2/c1-11(2,3)15-10(14)13-6-7-4-8(13)5-9(7)12/h6,8-9H,4-5,12H2,1-3H3/t8-,9+/m0/s1. The van der Waals surface area contributed by atoms with Gasteiger partial charge < -0.3 is 10.5 Å². The molecular weight excluding hydrogens is 192 g/mol. The highest BCUT2D eigenvalue weighted by Crippen LogP contribution is 2.35. The Labute approximate surface area is 90.1 Å². The quantitative estimate of drug-likeness (QED) is 0.661. The van der Waals surface area contributed by atoms with Crippen molar-refractivity contribution >= 4 is 6.09 Å². The first-order valence-electron chi connectivity index (χ1n) is 5.34. The van der Waals surface area contributed by atoms with E-state index in [0.29, 0.717) is 0 Å². The second-order valence-corrected chi connectivity index (χ2v) is 5.29. The first kappa shape index (κ1) is 10.5. The van der Waals surface area contributed by atoms with Crippen molar-refractivity contribution in [3.8, 4) is 0 Å². The minimum Gasteiger partial charge on any atom is -0.443 e. The van der Waals surface area contributed by atoms with Crippen molar-refractivity contribution in [3.05, 3.63) is 11.8 Å². The van der Waals surface area contributed by atoms with E-state index < -0.39 is 5.60 Å². The maximum absolute atomic E-state index is 11.8. The lowest BCUT2D eigenvalue weighted by Crippen LogP contribution is -2.40. The Morgan fingerprint density at radius 1 is 1.60 bits per heavy atom. The SMILES string of the molecule is CC(C)(C)OC(=O)N1C=C2C[C@H]1C[C@H]2N. The number of hydrogen-bond acceptors (Lipinski definition) is 3. The van der Waals surface area contributed by atoms with Crippen molar-refractivity contribution in [2.24, 2.45) is 5.73 Å². The summed E-state index contributed by atoms with van der Waals surface area (Å²) in [6.07, 6.45) is 3.38. The molecular formula is C11H18N2O2. The first-order valence-corrected chi connectivity index (χ1v) is 5.34. The van der Waals surface area contributed by atoms with Crippen LogP contribution in [0.15, 0.2) is 11.8 Å². The molecule has 1 aliphatic carbocycles. The molecule has 1 amide bonds. The van der Waals surface area contributed by atoms with Crippen LogP contribution < -0.4 is 5.73 Å². The number of carbonyl (C=O) groups excluding carboxylic acids is 1. The molecule has 0 spiro atoms. The fourth-order valence-electron chi connectivity index (χ4n) is 2.11. The lowest BCUT2D eigenvalue weighted by atomic mass is 10.1. The van der Waals surface area contributed by atoms with Gasteiger partial charge in [-0.3, -0.25) is 4.90 Å². The van der Waals surface area contributed by atoms with E-state index in [-0.39, 0.29) is 18.2 Å². The summed E-state index contributed by atoms with van der Waals surface area (Å²) in [5, 5.41) is 0. The zero-order valence-electron chi connectivity index (χ0n) is 9.49. The largest absolute Gasteiger partial charge is 0.443 e. The molecule has 0 saturated heterocycles. The van der Waals surface area contributed by atoms with Crippen LogP contribution in [0.2, 0.25) is 0 Å². The molecule has 2 N–H and O–H groups in total. The molecule has 0 aromatic rings. The Kier molecular flexibility index (Phi) is 2.26. The van der Waals surface area contributed by atoms with Gasteiger partial charge in [0.15, 0.2) is 0 Å². The fourth-order valence-corrected chi connectivity index (χ4v) is 2.11. The molecule has 2 aliphatic rings. The lowest BCUT2D eigenvalue weighted by Gasteiger charge is -2.28. The highest BCUT2D eigenvalue weighted by Gasteiger charge is 2.40. The third kappa shape index (κ3) is 2.00. The van der Waals surface area contributed by atoms with Crippen LogP contribution in [-0.4, -0.2) is 28.7 Å². The number of ether oxygens (including phenoxy) is 1. The van der Waals surface area contributed by atoms with Gasteiger partial charge in [-0.1, -0.05) is 0 Å². The molecule has 0 aromatic carbocycles. The summed E-state index contributed by atoms with van der Waals surface area (Å²) in [5.41, 5.74) is 6.60. The van der Waals surface area contributed by atoms with E-state index in [9.17, 15) is 4.79 Å². The molecule has 1 aliphatic heterocycles. The van der Waals surface area contributed by atoms with Crippen molar-refractivity contribution in [2.45, 2.75) is 51.3 Å². The molecule has 4 nitrogen and oxygen atoms in total. The van der Waals surface area contributed by atoms with Crippen LogP contribution in [0.1, 0.15) is 33.6 Å². The number of nitrogens with zero attached hydrogens (tertiary/aromatic N) is 1. The Balaban J connectivity index is 2.03. The second kappa shape index (κ2) is 3.23. The Hall–Kier alpha value is -1.03. The monoisotopic (exact) mass is 210 g/mol. The summed E-state index contributed by atoms with van der Waals surface area (Å²) >= 11 is 0. The Morgan fingerprint density at radius 3 is 2.67 bits per heavy atom. The Bertz CT molecular complexity index is 317. The summed E-state index contributed by atoms with van der Waals surface area (Å²) in [5.74, 6) is 0. The van der Waals surface area contributed by atoms with Crippen LogP contribution in [0.3, 0.4) is 0 Å². The molecule has 1 saturated carbocycles. The second-order valence-electron chi connectivity index (χ2n) is 5.29. The smallest absolute Gasteiger partial charge is 0.414 e. The first-order chi connectivity index (χ1) is 6.87. The molecule has 1 heterocycles. The molecule has 1 fully saturated rings. The van der Waals surface area contributed by atoms with E-state index in [1.807, 2.05) is 27.0 Å². The van der Waals surface area contributed by atoms with Gasteiger partial charge in [-0.2, -0.15) is 0 Å². The maximum atomic E-state index is 11.8. The van der Waals surface area contributed by atoms with E-state index in [2.05, 4.69) is 0 Å². The summed E-state index contributed by atoms with van der Waals surface area (Å²) < 4.78 is 5.31. The minimum absolute atomic E-state index is 0.147. The van der Waals surface area contributed by atoms with Crippen molar-refractivity contribution in [2.75, 3.05) is 0 Å². The molecule has 4 heteroatoms. The molecule has 2 rings (SSSR count). The summed E-state index contributed by atoms with van der Waals surface area (Å²) in [7, 11) is 0. The van der Waals surface area contributed by atoms with Gasteiger partial charge in [-0.25, -0.2) is 4.79 Å². The number of rotatable bonds is 0. The predicted molar refractivity (Wildman–Crippen MR) is 57.2 cm³/mol. The van der Waals surface area contributed by atoms with Crippen molar-refractivity contribution in [1.29, 1.82) is 0 Å². The third-order valence-corrected chi connectivity index (χ3v) is 2.78. The number of nitrogens with two attached hydrogens (primary N) is 1. The van der Waals surface area contributed by atoms with Gasteiger partial charge in [0.05, 0.1) is 0 Å². The predicted octanol–water partition coefficient (Wildman–Crippen LogP) is 1.61. The van der Waals surface area contributed by atoms with Crippen LogP contribution in [0.25, 0.3) is 0 Å². The normalized spacial score (nSPS) is 29.3. The zero-order chi connectivity index (χ0) is 11.2. The Morgan fingerprint density at radius 2 is 2.27 bits per heavy atom. The van der Waals surface area contributed by atoms with Crippen LogP contribution in [0.5, 0.6) is 0 Å². The summed E-state index contributed by atoms with van der Waals surface area (Å²) in [4.78, 5) is 13.5. The number of hydrogen-bond donors (Lipinski definition) is 1. The van der Waals surface area contributed by atoms with Crippen LogP contribution >= 0.6 is 0 Å². The van der Waals surface area contributed by atoms with Gasteiger partial charge in [-0.15, -0.1) is 0 Å². The maximum Gasteiger partial charge on any atom is 0.414 e. The van der Waals surface area contributed by atoms with Crippen LogP contribution in [0, 0.1) is 0 Å². The lowest BCUT2D eigenvalue weighted by molar-refractivity contribution is 0.0282. The van der Waals surface area contributed by atoms with Gasteiger partial charge in [-0.05, 0) is 39.2 Å². The average molecular weight is 210 g/mol. The molecule has 2 atom stereocenters.